The van der Waals surface area contributed by atoms with Crippen molar-refractivity contribution < 1.29 is 9.63 Å². The van der Waals surface area contributed by atoms with E-state index in [0.717, 1.165) is 0 Å². The highest BCUT2D eigenvalue weighted by Crippen LogP contribution is 2.23. The first-order valence-corrected chi connectivity index (χ1v) is 4.86. The highest BCUT2D eigenvalue weighted by molar-refractivity contribution is 5.78. The molecule has 0 saturated heterocycles. The van der Waals surface area contributed by atoms with Crippen molar-refractivity contribution in [3.63, 3.8) is 0 Å². The Morgan fingerprint density at radius 1 is 1.40 bits per heavy atom. The fourth-order valence-corrected chi connectivity index (χ4v) is 1.53. The van der Waals surface area contributed by atoms with Crippen molar-refractivity contribution in [2.45, 2.75) is 26.8 Å². The molecule has 0 saturated carbocycles. The average molecular weight is 207 g/mol. The fourth-order valence-electron chi connectivity index (χ4n) is 1.53. The van der Waals surface area contributed by atoms with Gasteiger partial charge in [-0.1, -0.05) is 0 Å². The van der Waals surface area contributed by atoms with E-state index in [1.54, 1.807) is 13.0 Å². The molecule has 0 spiro atoms. The van der Waals surface area contributed by atoms with E-state index in [-0.39, 0.29) is 17.4 Å². The van der Waals surface area contributed by atoms with Crippen molar-refractivity contribution in [3.8, 4) is 5.75 Å². The van der Waals surface area contributed by atoms with Crippen molar-refractivity contribution in [1.82, 2.24) is 4.74 Å². The van der Waals surface area contributed by atoms with Crippen molar-refractivity contribution in [2.24, 2.45) is 0 Å². The van der Waals surface area contributed by atoms with Crippen molar-refractivity contribution >= 4 is 11.0 Å². The fraction of sp³-hybridized carbons (Fsp3) is 0.364. The standard InChI is InChI=1S/C11H13NO3/c1-6(2)12-11(14)8-4-7(3)9(13)5-10(8)15-12/h4-6,13H,1-3H3. The number of nitrogens with zero attached hydrogens (tertiary/aromatic N) is 1. The van der Waals surface area contributed by atoms with Crippen molar-refractivity contribution in [3.05, 3.63) is 28.0 Å². The lowest BCUT2D eigenvalue weighted by atomic mass is 10.2. The summed E-state index contributed by atoms with van der Waals surface area (Å²) < 4.78 is 6.65. The molecule has 4 nitrogen and oxygen atoms in total. The van der Waals surface area contributed by atoms with Crippen LogP contribution in [0.1, 0.15) is 25.5 Å². The van der Waals surface area contributed by atoms with E-state index in [9.17, 15) is 9.90 Å². The summed E-state index contributed by atoms with van der Waals surface area (Å²) in [6.45, 7) is 5.49. The maximum Gasteiger partial charge on any atom is 0.290 e. The SMILES string of the molecule is Cc1cc2c(=O)n(C(C)C)oc2cc1O. The van der Waals surface area contributed by atoms with Crippen LogP contribution in [-0.4, -0.2) is 9.85 Å². The molecule has 0 unspecified atom stereocenters. The predicted molar refractivity (Wildman–Crippen MR) is 57.3 cm³/mol. The first-order valence-electron chi connectivity index (χ1n) is 4.86. The van der Waals surface area contributed by atoms with Crippen LogP contribution in [0.4, 0.5) is 0 Å². The predicted octanol–water partition coefficient (Wildman–Crippen LogP) is 2.19. The summed E-state index contributed by atoms with van der Waals surface area (Å²) in [5.74, 6) is 0.146. The van der Waals surface area contributed by atoms with Gasteiger partial charge in [-0.15, -0.1) is 0 Å². The molecule has 2 rings (SSSR count). The highest BCUT2D eigenvalue weighted by atomic mass is 16.5. The van der Waals surface area contributed by atoms with E-state index in [2.05, 4.69) is 0 Å². The third kappa shape index (κ3) is 1.42. The number of hydrogen-bond donors (Lipinski definition) is 1. The Hall–Kier alpha value is -1.71. The molecule has 1 aromatic carbocycles. The molecular formula is C11H13NO3. The number of phenolic OH excluding ortho intramolecular Hbond substituents is 1. The molecule has 1 aromatic heterocycles. The number of aromatic nitrogens is 1. The Morgan fingerprint density at radius 3 is 2.67 bits per heavy atom. The number of fused-ring (bicyclic) bond motifs is 1. The van der Waals surface area contributed by atoms with Gasteiger partial charge in [-0.25, -0.2) is 0 Å². The molecule has 15 heavy (non-hydrogen) atoms. The van der Waals surface area contributed by atoms with Gasteiger partial charge in [0.1, 0.15) is 5.75 Å². The molecule has 0 fully saturated rings. The molecule has 0 radical (unpaired) electrons. The molecule has 0 aliphatic heterocycles. The van der Waals surface area contributed by atoms with E-state index in [1.807, 2.05) is 13.8 Å². The zero-order valence-electron chi connectivity index (χ0n) is 8.94. The van der Waals surface area contributed by atoms with E-state index in [1.165, 1.54) is 10.8 Å². The van der Waals surface area contributed by atoms with Gasteiger partial charge in [-0.05, 0) is 32.4 Å². The Morgan fingerprint density at radius 2 is 2.07 bits per heavy atom. The van der Waals surface area contributed by atoms with Crippen molar-refractivity contribution in [1.29, 1.82) is 0 Å². The number of benzene rings is 1. The molecule has 1 heterocycles. The summed E-state index contributed by atoms with van der Waals surface area (Å²) in [4.78, 5) is 11.8. The Labute approximate surface area is 86.7 Å². The van der Waals surface area contributed by atoms with Crippen LogP contribution in [0, 0.1) is 6.92 Å². The molecule has 0 bridgehead atoms. The lowest BCUT2D eigenvalue weighted by Gasteiger charge is -2.00. The van der Waals surface area contributed by atoms with E-state index in [4.69, 9.17) is 4.52 Å². The normalized spacial score (nSPS) is 11.5. The minimum Gasteiger partial charge on any atom is -0.508 e. The summed E-state index contributed by atoms with van der Waals surface area (Å²) >= 11 is 0. The van der Waals surface area contributed by atoms with Crippen LogP contribution in [0.3, 0.4) is 0 Å². The number of aryl methyl sites for hydroxylation is 1. The van der Waals surface area contributed by atoms with Gasteiger partial charge in [-0.3, -0.25) is 4.79 Å². The minimum atomic E-state index is -0.150. The topological polar surface area (TPSA) is 55.4 Å². The molecule has 4 heteroatoms. The first kappa shape index (κ1) is 9.83. The summed E-state index contributed by atoms with van der Waals surface area (Å²) in [5.41, 5.74) is 0.955. The molecule has 80 valence electrons. The molecule has 0 amide bonds. The van der Waals surface area contributed by atoms with Crippen LogP contribution >= 0.6 is 0 Å². The number of aromatic hydroxyl groups is 1. The minimum absolute atomic E-state index is 0.0210. The molecule has 0 aliphatic carbocycles. The van der Waals surface area contributed by atoms with Crippen LogP contribution in [0.5, 0.6) is 5.75 Å². The summed E-state index contributed by atoms with van der Waals surface area (Å²) in [5, 5.41) is 10.00. The third-order valence-corrected chi connectivity index (χ3v) is 2.39. The summed E-state index contributed by atoms with van der Waals surface area (Å²) in [6.07, 6.45) is 0. The molecular weight excluding hydrogens is 194 g/mol. The van der Waals surface area contributed by atoms with Crippen LogP contribution in [0.2, 0.25) is 0 Å². The third-order valence-electron chi connectivity index (χ3n) is 2.39. The number of rotatable bonds is 1. The largest absolute Gasteiger partial charge is 0.508 e. The highest BCUT2D eigenvalue weighted by Gasteiger charge is 2.13. The van der Waals surface area contributed by atoms with Gasteiger partial charge in [0.15, 0.2) is 5.58 Å². The van der Waals surface area contributed by atoms with Crippen LogP contribution < -0.4 is 5.56 Å². The lowest BCUT2D eigenvalue weighted by Crippen LogP contribution is -2.15. The van der Waals surface area contributed by atoms with E-state index < -0.39 is 0 Å². The van der Waals surface area contributed by atoms with Crippen LogP contribution in [-0.2, 0) is 0 Å². The second-order valence-corrected chi connectivity index (χ2v) is 3.95. The van der Waals surface area contributed by atoms with Gasteiger partial charge in [0.2, 0.25) is 0 Å². The second kappa shape index (κ2) is 3.15. The maximum atomic E-state index is 11.8. The number of phenols is 1. The Bertz CT molecular complexity index is 563. The smallest absolute Gasteiger partial charge is 0.290 e. The average Bonchev–Trinajstić information content (AvgIpc) is 2.46. The van der Waals surface area contributed by atoms with Gasteiger partial charge in [0, 0.05) is 6.07 Å². The first-order chi connectivity index (χ1) is 7.00. The van der Waals surface area contributed by atoms with Crippen molar-refractivity contribution in [2.75, 3.05) is 0 Å². The van der Waals surface area contributed by atoms with Gasteiger partial charge in [0.25, 0.3) is 5.56 Å². The van der Waals surface area contributed by atoms with Gasteiger partial charge in [0.05, 0.1) is 11.4 Å². The maximum absolute atomic E-state index is 11.8. The monoisotopic (exact) mass is 207 g/mol. The summed E-state index contributed by atoms with van der Waals surface area (Å²) in [6, 6.07) is 3.10. The Kier molecular flexibility index (Phi) is 2.07. The second-order valence-electron chi connectivity index (χ2n) is 3.95. The lowest BCUT2D eigenvalue weighted by molar-refractivity contribution is 0.250. The summed E-state index contributed by atoms with van der Waals surface area (Å²) in [7, 11) is 0. The zero-order valence-corrected chi connectivity index (χ0v) is 8.94. The number of hydrogen-bond acceptors (Lipinski definition) is 3. The van der Waals surface area contributed by atoms with Crippen LogP contribution in [0.25, 0.3) is 11.0 Å². The van der Waals surface area contributed by atoms with E-state index in [0.29, 0.717) is 16.5 Å². The molecule has 1 N–H and O–H groups in total. The van der Waals surface area contributed by atoms with Gasteiger partial charge >= 0.3 is 0 Å². The molecule has 0 atom stereocenters. The molecule has 2 aromatic rings. The van der Waals surface area contributed by atoms with Crippen LogP contribution in [0.15, 0.2) is 21.5 Å². The Balaban J connectivity index is 2.83. The quantitative estimate of drug-likeness (QED) is 0.779. The molecule has 0 aliphatic rings. The van der Waals surface area contributed by atoms with Gasteiger partial charge < -0.3 is 9.63 Å². The zero-order chi connectivity index (χ0) is 11.2. The van der Waals surface area contributed by atoms with Gasteiger partial charge in [-0.2, -0.15) is 4.74 Å². The van der Waals surface area contributed by atoms with E-state index >= 15 is 0 Å².